The predicted octanol–water partition coefficient (Wildman–Crippen LogP) is 1.66. The molecule has 0 aromatic rings. The Hall–Kier alpha value is 0.514. The molecule has 0 saturated heterocycles. The molecule has 7 heavy (non-hydrogen) atoms. The van der Waals surface area contributed by atoms with Gasteiger partial charge in [0.2, 0.25) is 0 Å². The SMILES string of the molecule is [Ti]=[N]C1CCCC1. The average Bonchev–Trinajstić information content (AvgIpc) is 2.14. The van der Waals surface area contributed by atoms with Gasteiger partial charge < -0.3 is 0 Å². The van der Waals surface area contributed by atoms with Crippen LogP contribution < -0.4 is 0 Å². The molecule has 0 heterocycles. The standard InChI is InChI=1S/C5H9N.Ti/c6-5-3-1-2-4-5;/h5H,1-4H2;. The van der Waals surface area contributed by atoms with E-state index in [1.54, 1.807) is 0 Å². The van der Waals surface area contributed by atoms with E-state index < -0.39 is 0 Å². The number of hydrogen-bond donors (Lipinski definition) is 0. The average molecular weight is 131 g/mol. The zero-order chi connectivity index (χ0) is 5.11. The summed E-state index contributed by atoms with van der Waals surface area (Å²) < 4.78 is 4.19. The summed E-state index contributed by atoms with van der Waals surface area (Å²) in [5.74, 6) is 0. The van der Waals surface area contributed by atoms with E-state index in [2.05, 4.69) is 3.42 Å². The quantitative estimate of drug-likeness (QED) is 0.480. The van der Waals surface area contributed by atoms with Crippen LogP contribution in [0.5, 0.6) is 0 Å². The molecule has 1 nitrogen and oxygen atoms in total. The molecule has 1 aliphatic rings. The fraction of sp³-hybridized carbons (Fsp3) is 1.00. The third kappa shape index (κ3) is 1.47. The molecule has 0 radical (unpaired) electrons. The van der Waals surface area contributed by atoms with Crippen molar-refractivity contribution >= 4 is 0 Å². The van der Waals surface area contributed by atoms with Gasteiger partial charge in [0.1, 0.15) is 0 Å². The second kappa shape index (κ2) is 2.73. The van der Waals surface area contributed by atoms with Crippen molar-refractivity contribution in [3.63, 3.8) is 0 Å². The molecule has 0 amide bonds. The van der Waals surface area contributed by atoms with Crippen LogP contribution in [0.1, 0.15) is 25.7 Å². The first-order valence-corrected chi connectivity index (χ1v) is 3.50. The Kier molecular flexibility index (Phi) is 2.20. The van der Waals surface area contributed by atoms with Crippen LogP contribution in [0.2, 0.25) is 0 Å². The first-order valence-electron chi connectivity index (χ1n) is 2.80. The second-order valence-corrected chi connectivity index (χ2v) is 2.47. The van der Waals surface area contributed by atoms with E-state index in [1.807, 2.05) is 20.3 Å². The van der Waals surface area contributed by atoms with Crippen LogP contribution in [0.3, 0.4) is 0 Å². The molecule has 0 aliphatic heterocycles. The van der Waals surface area contributed by atoms with Crippen molar-refractivity contribution in [2.24, 2.45) is 3.42 Å². The van der Waals surface area contributed by atoms with E-state index in [1.165, 1.54) is 25.7 Å². The van der Waals surface area contributed by atoms with Crippen molar-refractivity contribution in [3.05, 3.63) is 0 Å². The van der Waals surface area contributed by atoms with Crippen molar-refractivity contribution in [1.82, 2.24) is 0 Å². The van der Waals surface area contributed by atoms with E-state index in [-0.39, 0.29) is 0 Å². The molecule has 1 fully saturated rings. The van der Waals surface area contributed by atoms with Gasteiger partial charge in [-0.15, -0.1) is 0 Å². The summed E-state index contributed by atoms with van der Waals surface area (Å²) in [6.07, 6.45) is 5.50. The molecule has 1 aliphatic carbocycles. The number of rotatable bonds is 1. The van der Waals surface area contributed by atoms with Crippen molar-refractivity contribution in [2.45, 2.75) is 31.7 Å². The Bertz CT molecular complexity index is 66.5. The zero-order valence-electron chi connectivity index (χ0n) is 4.35. The molecular formula is C5H9NTi. The molecule has 38 valence electrons. The number of nitrogens with zero attached hydrogens (tertiary/aromatic N) is 1. The molecule has 0 atom stereocenters. The van der Waals surface area contributed by atoms with Gasteiger partial charge in [-0.3, -0.25) is 0 Å². The first-order chi connectivity index (χ1) is 3.43. The van der Waals surface area contributed by atoms with Crippen LogP contribution in [0.15, 0.2) is 3.42 Å². The van der Waals surface area contributed by atoms with Crippen LogP contribution >= 0.6 is 0 Å². The monoisotopic (exact) mass is 131 g/mol. The summed E-state index contributed by atoms with van der Waals surface area (Å²) in [7, 11) is 0. The summed E-state index contributed by atoms with van der Waals surface area (Å²) in [6, 6.07) is 0.722. The van der Waals surface area contributed by atoms with Gasteiger partial charge in [-0.1, -0.05) is 0 Å². The van der Waals surface area contributed by atoms with Gasteiger partial charge in [0, 0.05) is 0 Å². The molecule has 0 unspecified atom stereocenters. The van der Waals surface area contributed by atoms with Crippen LogP contribution in [0.4, 0.5) is 0 Å². The summed E-state index contributed by atoms with van der Waals surface area (Å²) in [4.78, 5) is 0. The van der Waals surface area contributed by atoms with Crippen LogP contribution in [-0.4, -0.2) is 6.04 Å². The second-order valence-electron chi connectivity index (χ2n) is 2.07. The van der Waals surface area contributed by atoms with E-state index in [0.29, 0.717) is 0 Å². The van der Waals surface area contributed by atoms with Crippen LogP contribution in [-0.2, 0) is 20.3 Å². The van der Waals surface area contributed by atoms with Gasteiger partial charge in [-0.25, -0.2) is 0 Å². The van der Waals surface area contributed by atoms with Crippen LogP contribution in [0.25, 0.3) is 0 Å². The third-order valence-electron chi connectivity index (χ3n) is 1.51. The molecule has 0 aromatic heterocycles. The Balaban J connectivity index is 2.26. The van der Waals surface area contributed by atoms with Crippen molar-refractivity contribution in [3.8, 4) is 0 Å². The number of hydrogen-bond acceptors (Lipinski definition) is 1. The Morgan fingerprint density at radius 2 is 1.86 bits per heavy atom. The zero-order valence-corrected chi connectivity index (χ0v) is 5.91. The minimum atomic E-state index is 0.722. The van der Waals surface area contributed by atoms with E-state index in [4.69, 9.17) is 0 Å². The molecule has 0 bridgehead atoms. The molecule has 0 spiro atoms. The maximum absolute atomic E-state index is 4.19. The third-order valence-corrected chi connectivity index (χ3v) is 2.08. The fourth-order valence-electron chi connectivity index (χ4n) is 1.03. The van der Waals surface area contributed by atoms with Crippen molar-refractivity contribution in [2.75, 3.05) is 0 Å². The molecule has 1 rings (SSSR count). The normalized spacial score (nSPS) is 22.7. The van der Waals surface area contributed by atoms with Gasteiger partial charge in [0.05, 0.1) is 0 Å². The Morgan fingerprint density at radius 3 is 2.14 bits per heavy atom. The van der Waals surface area contributed by atoms with Crippen LogP contribution in [0, 0.1) is 0 Å². The summed E-state index contributed by atoms with van der Waals surface area (Å²) in [5.41, 5.74) is 0. The Labute approximate surface area is 55.8 Å². The topological polar surface area (TPSA) is 12.4 Å². The van der Waals surface area contributed by atoms with Gasteiger partial charge >= 0.3 is 55.4 Å². The van der Waals surface area contributed by atoms with E-state index >= 15 is 0 Å². The van der Waals surface area contributed by atoms with E-state index in [0.717, 1.165) is 6.04 Å². The molecule has 2 heteroatoms. The van der Waals surface area contributed by atoms with Gasteiger partial charge in [0.25, 0.3) is 0 Å². The fourth-order valence-corrected chi connectivity index (χ4v) is 1.44. The summed E-state index contributed by atoms with van der Waals surface area (Å²) in [6.45, 7) is 0. The van der Waals surface area contributed by atoms with E-state index in [9.17, 15) is 0 Å². The summed E-state index contributed by atoms with van der Waals surface area (Å²) in [5, 5.41) is 0. The van der Waals surface area contributed by atoms with Gasteiger partial charge in [-0.2, -0.15) is 0 Å². The van der Waals surface area contributed by atoms with Crippen molar-refractivity contribution < 1.29 is 20.3 Å². The van der Waals surface area contributed by atoms with Gasteiger partial charge in [-0.05, 0) is 0 Å². The van der Waals surface area contributed by atoms with Gasteiger partial charge in [0.15, 0.2) is 0 Å². The first kappa shape index (κ1) is 5.65. The molecule has 1 saturated carbocycles. The predicted molar refractivity (Wildman–Crippen MR) is 24.7 cm³/mol. The molecule has 0 N–H and O–H groups in total. The molecular weight excluding hydrogens is 122 g/mol. The Morgan fingerprint density at radius 1 is 1.29 bits per heavy atom. The minimum absolute atomic E-state index is 0.722. The summed E-state index contributed by atoms with van der Waals surface area (Å²) >= 11 is 1.93. The maximum atomic E-state index is 4.19. The van der Waals surface area contributed by atoms with Crippen molar-refractivity contribution in [1.29, 1.82) is 0 Å². The molecule has 0 aromatic carbocycles.